The van der Waals surface area contributed by atoms with E-state index < -0.39 is 12.2 Å². The highest BCUT2D eigenvalue weighted by Crippen LogP contribution is 2.30. The van der Waals surface area contributed by atoms with Crippen LogP contribution in [0.4, 0.5) is 19.1 Å². The molecule has 0 spiro atoms. The zero-order valence-electron chi connectivity index (χ0n) is 13.5. The van der Waals surface area contributed by atoms with Crippen LogP contribution in [0.15, 0.2) is 43.0 Å². The second-order valence-electron chi connectivity index (χ2n) is 5.83. The molecule has 0 bridgehead atoms. The Kier molecular flexibility index (Phi) is 3.71. The van der Waals surface area contributed by atoms with E-state index in [1.165, 1.54) is 6.20 Å². The van der Waals surface area contributed by atoms with Crippen LogP contribution in [0.1, 0.15) is 6.92 Å². The molecule has 0 aliphatic rings. The van der Waals surface area contributed by atoms with Gasteiger partial charge in [0.15, 0.2) is 0 Å². The Morgan fingerprint density at radius 1 is 1.08 bits per heavy atom. The molecule has 4 aromatic rings. The van der Waals surface area contributed by atoms with Gasteiger partial charge in [0.2, 0.25) is 5.95 Å². The lowest BCUT2D eigenvalue weighted by Crippen LogP contribution is -2.33. The number of alkyl halides is 3. The van der Waals surface area contributed by atoms with Crippen LogP contribution in [-0.2, 0) is 0 Å². The first-order valence-electron chi connectivity index (χ1n) is 7.80. The minimum Gasteiger partial charge on any atom is -0.345 e. The molecule has 0 radical (unpaired) electrons. The molecule has 0 saturated heterocycles. The Labute approximate surface area is 145 Å². The number of nitrogens with zero attached hydrogens (tertiary/aromatic N) is 4. The summed E-state index contributed by atoms with van der Waals surface area (Å²) in [4.78, 5) is 19.6. The first-order valence-corrected chi connectivity index (χ1v) is 7.80. The van der Waals surface area contributed by atoms with Crippen molar-refractivity contribution < 1.29 is 13.2 Å². The van der Waals surface area contributed by atoms with Crippen molar-refractivity contribution in [3.8, 4) is 11.1 Å². The highest BCUT2D eigenvalue weighted by atomic mass is 19.4. The zero-order chi connectivity index (χ0) is 18.3. The van der Waals surface area contributed by atoms with E-state index in [1.807, 2.05) is 18.2 Å². The van der Waals surface area contributed by atoms with E-state index in [9.17, 15) is 13.2 Å². The molecule has 1 unspecified atom stereocenters. The van der Waals surface area contributed by atoms with E-state index in [0.717, 1.165) is 29.1 Å². The van der Waals surface area contributed by atoms with E-state index >= 15 is 0 Å². The molecule has 0 aliphatic heterocycles. The number of anilines is 1. The smallest absolute Gasteiger partial charge is 0.345 e. The van der Waals surface area contributed by atoms with Crippen LogP contribution in [0.2, 0.25) is 0 Å². The third-order valence-electron chi connectivity index (χ3n) is 4.05. The second-order valence-corrected chi connectivity index (χ2v) is 5.83. The van der Waals surface area contributed by atoms with Crippen LogP contribution in [-0.4, -0.2) is 37.1 Å². The molecule has 0 amide bonds. The van der Waals surface area contributed by atoms with Crippen molar-refractivity contribution in [2.75, 3.05) is 5.32 Å². The molecule has 3 aromatic heterocycles. The third kappa shape index (κ3) is 2.92. The number of aromatic nitrogens is 5. The van der Waals surface area contributed by atoms with Gasteiger partial charge in [-0.25, -0.2) is 4.98 Å². The maximum absolute atomic E-state index is 12.7. The highest BCUT2D eigenvalue weighted by molar-refractivity contribution is 5.95. The van der Waals surface area contributed by atoms with Crippen molar-refractivity contribution in [3.63, 3.8) is 0 Å². The Morgan fingerprint density at radius 2 is 1.85 bits per heavy atom. The highest BCUT2D eigenvalue weighted by Gasteiger charge is 2.36. The topological polar surface area (TPSA) is 79.4 Å². The van der Waals surface area contributed by atoms with Gasteiger partial charge in [-0.3, -0.25) is 9.97 Å². The van der Waals surface area contributed by atoms with Crippen LogP contribution in [0.3, 0.4) is 0 Å². The predicted octanol–water partition coefficient (Wildman–Crippen LogP) is 3.93. The summed E-state index contributed by atoms with van der Waals surface area (Å²) in [6.07, 6.45) is 2.11. The lowest BCUT2D eigenvalue weighted by atomic mass is 10.1. The van der Waals surface area contributed by atoms with Crippen LogP contribution in [0.25, 0.3) is 33.2 Å². The van der Waals surface area contributed by atoms with Crippen LogP contribution in [0.5, 0.6) is 0 Å². The number of hydrogen-bond donors (Lipinski definition) is 2. The van der Waals surface area contributed by atoms with Gasteiger partial charge in [-0.15, -0.1) is 0 Å². The van der Waals surface area contributed by atoms with E-state index in [2.05, 4.69) is 30.2 Å². The summed E-state index contributed by atoms with van der Waals surface area (Å²) < 4.78 is 38.0. The fraction of sp³-hybridized carbons (Fsp3) is 0.176. The Morgan fingerprint density at radius 3 is 2.62 bits per heavy atom. The van der Waals surface area contributed by atoms with Crippen molar-refractivity contribution in [2.45, 2.75) is 19.1 Å². The fourth-order valence-electron chi connectivity index (χ4n) is 2.62. The first kappa shape index (κ1) is 16.2. The van der Waals surface area contributed by atoms with E-state index in [1.54, 1.807) is 18.6 Å². The molecule has 2 N–H and O–H groups in total. The normalized spacial score (nSPS) is 13.2. The van der Waals surface area contributed by atoms with Crippen LogP contribution in [0, 0.1) is 0 Å². The molecule has 0 aliphatic carbocycles. The van der Waals surface area contributed by atoms with Gasteiger partial charge in [0.25, 0.3) is 0 Å². The van der Waals surface area contributed by atoms with Crippen molar-refractivity contribution in [1.29, 1.82) is 0 Å². The van der Waals surface area contributed by atoms with Gasteiger partial charge < -0.3 is 10.3 Å². The maximum Gasteiger partial charge on any atom is 0.408 e. The van der Waals surface area contributed by atoms with Crippen molar-refractivity contribution in [2.24, 2.45) is 0 Å². The molecular formula is C17H13F3N6. The fourth-order valence-corrected chi connectivity index (χ4v) is 2.62. The molecule has 1 aromatic carbocycles. The number of aromatic amines is 1. The Bertz CT molecular complexity index is 1090. The SMILES string of the molecule is CC(Nc1ncc2c(-c3ccc4nccnc4c3)c[nH]c2n1)C(F)(F)F. The molecule has 0 fully saturated rings. The molecule has 6 nitrogen and oxygen atoms in total. The summed E-state index contributed by atoms with van der Waals surface area (Å²) in [6, 6.07) is 3.91. The number of H-pyrrole nitrogens is 1. The third-order valence-corrected chi connectivity index (χ3v) is 4.05. The Hall–Kier alpha value is -3.23. The first-order chi connectivity index (χ1) is 12.4. The molecule has 132 valence electrons. The van der Waals surface area contributed by atoms with Crippen LogP contribution >= 0.6 is 0 Å². The number of rotatable bonds is 3. The van der Waals surface area contributed by atoms with Gasteiger partial charge in [-0.05, 0) is 24.6 Å². The zero-order valence-corrected chi connectivity index (χ0v) is 13.5. The molecule has 0 saturated carbocycles. The average molecular weight is 358 g/mol. The van der Waals surface area contributed by atoms with Gasteiger partial charge >= 0.3 is 6.18 Å². The van der Waals surface area contributed by atoms with Gasteiger partial charge in [0.1, 0.15) is 11.7 Å². The summed E-state index contributed by atoms with van der Waals surface area (Å²) in [5.41, 5.74) is 3.70. The molecule has 26 heavy (non-hydrogen) atoms. The second kappa shape index (κ2) is 5.94. The van der Waals surface area contributed by atoms with E-state index in [-0.39, 0.29) is 5.95 Å². The minimum atomic E-state index is -4.37. The number of nitrogens with one attached hydrogen (secondary N) is 2. The lowest BCUT2D eigenvalue weighted by molar-refractivity contribution is -0.138. The van der Waals surface area contributed by atoms with E-state index in [0.29, 0.717) is 11.0 Å². The molecule has 3 heterocycles. The standard InChI is InChI=1S/C17H13F3N6/c1-9(17(18,19)20)25-16-24-8-12-11(7-23-15(12)26-16)10-2-3-13-14(6-10)22-5-4-21-13/h2-9H,1H3,(H2,23,24,25,26). The molecule has 4 rings (SSSR count). The van der Waals surface area contributed by atoms with Gasteiger partial charge in [0.05, 0.1) is 11.0 Å². The molecule has 1 atom stereocenters. The number of benzene rings is 1. The summed E-state index contributed by atoms with van der Waals surface area (Å²) in [7, 11) is 0. The lowest BCUT2D eigenvalue weighted by Gasteiger charge is -2.16. The summed E-state index contributed by atoms with van der Waals surface area (Å²) >= 11 is 0. The van der Waals surface area contributed by atoms with Gasteiger partial charge in [-0.1, -0.05) is 6.07 Å². The molecular weight excluding hydrogens is 345 g/mol. The maximum atomic E-state index is 12.7. The van der Waals surface area contributed by atoms with E-state index in [4.69, 9.17) is 0 Å². The average Bonchev–Trinajstić information content (AvgIpc) is 3.03. The number of halogens is 3. The van der Waals surface area contributed by atoms with Crippen molar-refractivity contribution in [3.05, 3.63) is 43.0 Å². The Balaban J connectivity index is 1.71. The summed E-state index contributed by atoms with van der Waals surface area (Å²) in [6.45, 7) is 1.02. The quantitative estimate of drug-likeness (QED) is 0.580. The van der Waals surface area contributed by atoms with Crippen LogP contribution < -0.4 is 5.32 Å². The number of hydrogen-bond acceptors (Lipinski definition) is 5. The predicted molar refractivity (Wildman–Crippen MR) is 91.6 cm³/mol. The summed E-state index contributed by atoms with van der Waals surface area (Å²) in [5.74, 6) is -0.0832. The van der Waals surface area contributed by atoms with Crippen molar-refractivity contribution >= 4 is 28.0 Å². The molecule has 9 heteroatoms. The monoisotopic (exact) mass is 358 g/mol. The number of fused-ring (bicyclic) bond motifs is 2. The van der Waals surface area contributed by atoms with Gasteiger partial charge in [0, 0.05) is 35.7 Å². The largest absolute Gasteiger partial charge is 0.408 e. The van der Waals surface area contributed by atoms with Gasteiger partial charge in [-0.2, -0.15) is 18.2 Å². The summed E-state index contributed by atoms with van der Waals surface area (Å²) in [5, 5.41) is 2.97. The van der Waals surface area contributed by atoms with Crippen molar-refractivity contribution in [1.82, 2.24) is 24.9 Å². The minimum absolute atomic E-state index is 0.0832.